The minimum atomic E-state index is -0.0720. The van der Waals surface area contributed by atoms with Crippen molar-refractivity contribution in [1.82, 2.24) is 0 Å². The molecule has 1 unspecified atom stereocenters. The van der Waals surface area contributed by atoms with Crippen molar-refractivity contribution in [3.63, 3.8) is 0 Å². The van der Waals surface area contributed by atoms with Gasteiger partial charge in [-0.25, -0.2) is 0 Å². The first-order valence-electron chi connectivity index (χ1n) is 6.32. The summed E-state index contributed by atoms with van der Waals surface area (Å²) in [6.07, 6.45) is 0.786. The van der Waals surface area contributed by atoms with Gasteiger partial charge in [-0.2, -0.15) is 0 Å². The third-order valence-electron chi connectivity index (χ3n) is 3.14. The molecule has 0 spiro atoms. The molecule has 0 fully saturated rings. The van der Waals surface area contributed by atoms with Gasteiger partial charge in [0.1, 0.15) is 5.75 Å². The lowest BCUT2D eigenvalue weighted by Crippen LogP contribution is -2.10. The monoisotopic (exact) mass is 451 g/mol. The second kappa shape index (κ2) is 7.23. The first-order chi connectivity index (χ1) is 9.93. The van der Waals surface area contributed by atoms with E-state index in [9.17, 15) is 5.11 Å². The third-order valence-corrected chi connectivity index (χ3v) is 5.40. The van der Waals surface area contributed by atoms with E-state index in [1.54, 1.807) is 12.1 Å². The molecule has 0 aliphatic carbocycles. The van der Waals surface area contributed by atoms with E-state index in [2.05, 4.69) is 37.2 Å². The Bertz CT molecular complexity index is 664. The number of nitrogens with one attached hydrogen (secondary N) is 1. The van der Waals surface area contributed by atoms with E-state index in [0.717, 1.165) is 26.6 Å². The van der Waals surface area contributed by atoms with Gasteiger partial charge >= 0.3 is 0 Å². The Morgan fingerprint density at radius 1 is 1.14 bits per heavy atom. The fourth-order valence-corrected chi connectivity index (χ4v) is 3.24. The Morgan fingerprint density at radius 2 is 1.86 bits per heavy atom. The molecule has 2 nitrogen and oxygen atoms in total. The molecule has 2 aromatic rings. The maximum atomic E-state index is 10.1. The van der Waals surface area contributed by atoms with Gasteiger partial charge < -0.3 is 10.4 Å². The Labute approximate surface area is 150 Å². The van der Waals surface area contributed by atoms with Gasteiger partial charge in [0.15, 0.2) is 0 Å². The summed E-state index contributed by atoms with van der Waals surface area (Å²) in [5.74, 6) is 0.247. The number of hydrogen-bond acceptors (Lipinski definition) is 2. The molecule has 0 heterocycles. The highest BCUT2D eigenvalue weighted by Gasteiger charge is 2.17. The zero-order valence-electron chi connectivity index (χ0n) is 11.1. The maximum absolute atomic E-state index is 10.1. The fraction of sp³-hybridized carbons (Fsp3) is 0.200. The summed E-state index contributed by atoms with van der Waals surface area (Å²) in [4.78, 5) is 0. The molecular formula is C15H13Br2Cl2NO. The maximum Gasteiger partial charge on any atom is 0.120 e. The van der Waals surface area contributed by atoms with Crippen LogP contribution in [0.2, 0.25) is 10.0 Å². The second-order valence-corrected chi connectivity index (χ2v) is 7.06. The SMILES string of the molecule is CCC(Nc1ccc(Br)c(Cl)c1Cl)c1cc(Br)ccc1O. The Kier molecular flexibility index (Phi) is 5.83. The largest absolute Gasteiger partial charge is 0.508 e. The van der Waals surface area contributed by atoms with E-state index in [4.69, 9.17) is 23.2 Å². The molecule has 0 amide bonds. The van der Waals surface area contributed by atoms with Crippen LogP contribution in [0.1, 0.15) is 24.9 Å². The van der Waals surface area contributed by atoms with E-state index >= 15 is 0 Å². The molecule has 112 valence electrons. The third kappa shape index (κ3) is 3.86. The van der Waals surface area contributed by atoms with Crippen molar-refractivity contribution in [2.24, 2.45) is 0 Å². The van der Waals surface area contributed by atoms with Crippen molar-refractivity contribution >= 4 is 60.7 Å². The van der Waals surface area contributed by atoms with Gasteiger partial charge in [-0.15, -0.1) is 0 Å². The minimum absolute atomic E-state index is 0.0720. The quantitative estimate of drug-likeness (QED) is 0.499. The lowest BCUT2D eigenvalue weighted by atomic mass is 10.0. The molecule has 2 N–H and O–H groups in total. The van der Waals surface area contributed by atoms with E-state index in [0.29, 0.717) is 10.0 Å². The lowest BCUT2D eigenvalue weighted by molar-refractivity contribution is 0.462. The van der Waals surface area contributed by atoms with Crippen LogP contribution in [0.25, 0.3) is 0 Å². The predicted molar refractivity (Wildman–Crippen MR) is 96.6 cm³/mol. The fourth-order valence-electron chi connectivity index (χ4n) is 2.03. The Hall–Kier alpha value is -0.420. The van der Waals surface area contributed by atoms with Crippen LogP contribution >= 0.6 is 55.1 Å². The van der Waals surface area contributed by atoms with Crippen molar-refractivity contribution in [2.75, 3.05) is 5.32 Å². The zero-order chi connectivity index (χ0) is 15.6. The number of halogens is 4. The van der Waals surface area contributed by atoms with Gasteiger partial charge in [-0.3, -0.25) is 0 Å². The standard InChI is InChI=1S/C15H13Br2Cl2NO/c1-2-11(9-7-8(16)3-6-13(9)21)20-12-5-4-10(17)14(18)15(12)19/h3-7,11,20-21H,2H2,1H3. The molecule has 2 rings (SSSR count). The molecule has 1 atom stereocenters. The Morgan fingerprint density at radius 3 is 2.52 bits per heavy atom. The van der Waals surface area contributed by atoms with Crippen LogP contribution < -0.4 is 5.32 Å². The molecule has 21 heavy (non-hydrogen) atoms. The second-order valence-electron chi connectivity index (χ2n) is 4.53. The highest BCUT2D eigenvalue weighted by Crippen LogP contribution is 2.39. The molecule has 0 aliphatic rings. The molecule has 0 saturated heterocycles. The number of anilines is 1. The smallest absolute Gasteiger partial charge is 0.120 e. The van der Waals surface area contributed by atoms with Crippen LogP contribution in [0.3, 0.4) is 0 Å². The molecule has 0 radical (unpaired) electrons. The predicted octanol–water partition coefficient (Wildman–Crippen LogP) is 6.79. The number of phenols is 1. The number of phenolic OH excluding ortho intramolecular Hbond substituents is 1. The van der Waals surface area contributed by atoms with E-state index in [1.165, 1.54) is 0 Å². The summed E-state index contributed by atoms with van der Waals surface area (Å²) in [6.45, 7) is 2.03. The molecule has 0 saturated carbocycles. The van der Waals surface area contributed by atoms with Gasteiger partial charge in [0.05, 0.1) is 21.8 Å². The highest BCUT2D eigenvalue weighted by molar-refractivity contribution is 9.10. The number of benzene rings is 2. The van der Waals surface area contributed by atoms with Crippen molar-refractivity contribution in [3.8, 4) is 5.75 Å². The van der Waals surface area contributed by atoms with Gasteiger partial charge in [0, 0.05) is 14.5 Å². The first-order valence-corrected chi connectivity index (χ1v) is 8.66. The van der Waals surface area contributed by atoms with Crippen LogP contribution in [0.4, 0.5) is 5.69 Å². The minimum Gasteiger partial charge on any atom is -0.508 e. The van der Waals surface area contributed by atoms with Gasteiger partial charge in [0.2, 0.25) is 0 Å². The topological polar surface area (TPSA) is 32.3 Å². The average Bonchev–Trinajstić information content (AvgIpc) is 2.47. The first kappa shape index (κ1) is 16.9. The summed E-state index contributed by atoms with van der Waals surface area (Å²) in [6, 6.07) is 8.98. The average molecular weight is 454 g/mol. The molecule has 0 aromatic heterocycles. The van der Waals surface area contributed by atoms with Gasteiger partial charge in [0.25, 0.3) is 0 Å². The zero-order valence-corrected chi connectivity index (χ0v) is 15.8. The van der Waals surface area contributed by atoms with Gasteiger partial charge in [-0.1, -0.05) is 46.1 Å². The van der Waals surface area contributed by atoms with E-state index in [-0.39, 0.29) is 11.8 Å². The highest BCUT2D eigenvalue weighted by atomic mass is 79.9. The Balaban J connectivity index is 2.36. The van der Waals surface area contributed by atoms with Gasteiger partial charge in [-0.05, 0) is 52.7 Å². The summed E-state index contributed by atoms with van der Waals surface area (Å²) in [5, 5.41) is 14.3. The van der Waals surface area contributed by atoms with Crippen molar-refractivity contribution in [3.05, 3.63) is 54.9 Å². The van der Waals surface area contributed by atoms with Crippen LogP contribution in [-0.4, -0.2) is 5.11 Å². The van der Waals surface area contributed by atoms with Crippen molar-refractivity contribution in [2.45, 2.75) is 19.4 Å². The van der Waals surface area contributed by atoms with E-state index in [1.807, 2.05) is 25.1 Å². The van der Waals surface area contributed by atoms with Crippen molar-refractivity contribution in [1.29, 1.82) is 0 Å². The van der Waals surface area contributed by atoms with Crippen LogP contribution in [0.15, 0.2) is 39.3 Å². The number of aromatic hydroxyl groups is 1. The number of hydrogen-bond donors (Lipinski definition) is 2. The van der Waals surface area contributed by atoms with Crippen LogP contribution in [0, 0.1) is 0 Å². The molecule has 6 heteroatoms. The molecule has 2 aromatic carbocycles. The van der Waals surface area contributed by atoms with Crippen molar-refractivity contribution < 1.29 is 5.11 Å². The summed E-state index contributed by atoms with van der Waals surface area (Å²) >= 11 is 19.2. The van der Waals surface area contributed by atoms with Crippen LogP contribution in [0.5, 0.6) is 5.75 Å². The van der Waals surface area contributed by atoms with Crippen LogP contribution in [-0.2, 0) is 0 Å². The molecule has 0 bridgehead atoms. The lowest BCUT2D eigenvalue weighted by Gasteiger charge is -2.21. The summed E-state index contributed by atoms with van der Waals surface area (Å²) in [5.41, 5.74) is 1.54. The molecular weight excluding hydrogens is 441 g/mol. The number of rotatable bonds is 4. The normalized spacial score (nSPS) is 12.2. The molecule has 0 aliphatic heterocycles. The summed E-state index contributed by atoms with van der Waals surface area (Å²) < 4.78 is 1.66. The van der Waals surface area contributed by atoms with E-state index < -0.39 is 0 Å². The summed E-state index contributed by atoms with van der Waals surface area (Å²) in [7, 11) is 0.